The molecule has 0 aromatic heterocycles. The van der Waals surface area contributed by atoms with Crippen LogP contribution < -0.4 is 9.64 Å². The van der Waals surface area contributed by atoms with Gasteiger partial charge in [0, 0.05) is 24.3 Å². The molecule has 8 heteroatoms. The second-order valence-corrected chi connectivity index (χ2v) is 6.38. The Morgan fingerprint density at radius 3 is 2.45 bits per heavy atom. The number of carbonyl (C=O) groups excluding carboxylic acids is 1. The molecule has 0 aliphatic carbocycles. The van der Waals surface area contributed by atoms with Crippen molar-refractivity contribution in [2.24, 2.45) is 0 Å². The lowest BCUT2D eigenvalue weighted by atomic mass is 10.1. The van der Waals surface area contributed by atoms with Crippen molar-refractivity contribution in [1.82, 2.24) is 0 Å². The second-order valence-electron chi connectivity index (χ2n) is 6.38. The summed E-state index contributed by atoms with van der Waals surface area (Å²) in [4.78, 5) is 14.5. The van der Waals surface area contributed by atoms with Crippen LogP contribution in [-0.2, 0) is 4.74 Å². The molecule has 4 nitrogen and oxygen atoms in total. The largest absolute Gasteiger partial charge is 0.461 e. The number of morpholine rings is 1. The van der Waals surface area contributed by atoms with Gasteiger partial charge in [-0.1, -0.05) is 18.2 Å². The predicted molar refractivity (Wildman–Crippen MR) is 101 cm³/mol. The van der Waals surface area contributed by atoms with Crippen molar-refractivity contribution in [3.63, 3.8) is 0 Å². The number of anilines is 1. The van der Waals surface area contributed by atoms with E-state index in [0.29, 0.717) is 24.3 Å². The molecule has 154 valence electrons. The van der Waals surface area contributed by atoms with E-state index in [9.17, 15) is 22.4 Å². The number of rotatable bonds is 7. The summed E-state index contributed by atoms with van der Waals surface area (Å²) in [6.45, 7) is 2.90. The molecule has 0 saturated carbocycles. The maximum absolute atomic E-state index is 13.0. The Hall–Kier alpha value is -2.87. The van der Waals surface area contributed by atoms with Gasteiger partial charge in [0.05, 0.1) is 13.2 Å². The minimum atomic E-state index is -4.58. The van der Waals surface area contributed by atoms with E-state index in [4.69, 9.17) is 4.74 Å². The van der Waals surface area contributed by atoms with Crippen molar-refractivity contribution in [1.29, 1.82) is 0 Å². The van der Waals surface area contributed by atoms with Crippen molar-refractivity contribution in [2.45, 2.75) is 12.5 Å². The van der Waals surface area contributed by atoms with Gasteiger partial charge in [0.25, 0.3) is 0 Å². The molecule has 0 radical (unpaired) electrons. The molecule has 0 bridgehead atoms. The second kappa shape index (κ2) is 9.09. The summed E-state index contributed by atoms with van der Waals surface area (Å²) < 4.78 is 59.9. The summed E-state index contributed by atoms with van der Waals surface area (Å²) in [6.07, 6.45) is -5.83. The summed E-state index contributed by atoms with van der Waals surface area (Å²) in [6, 6.07) is 12.3. The third-order valence-corrected chi connectivity index (χ3v) is 4.32. The van der Waals surface area contributed by atoms with Crippen LogP contribution in [0.5, 0.6) is 5.75 Å². The number of allylic oxidation sites excluding steroid dienone is 1. The fourth-order valence-electron chi connectivity index (χ4n) is 2.81. The molecule has 0 atom stereocenters. The smallest absolute Gasteiger partial charge is 0.428 e. The van der Waals surface area contributed by atoms with E-state index in [0.717, 1.165) is 30.9 Å². The highest BCUT2D eigenvalue weighted by molar-refractivity contribution is 6.07. The molecule has 0 N–H and O–H groups in total. The van der Waals surface area contributed by atoms with E-state index in [1.54, 1.807) is 18.2 Å². The van der Waals surface area contributed by atoms with Crippen LogP contribution in [0, 0.1) is 0 Å². The molecule has 0 spiro atoms. The van der Waals surface area contributed by atoms with Gasteiger partial charge < -0.3 is 14.4 Å². The van der Waals surface area contributed by atoms with Crippen LogP contribution in [0.4, 0.5) is 23.2 Å². The number of hydrogen-bond acceptors (Lipinski definition) is 4. The van der Waals surface area contributed by atoms with Crippen LogP contribution in [0.1, 0.15) is 15.9 Å². The first-order valence-corrected chi connectivity index (χ1v) is 8.95. The highest BCUT2D eigenvalue weighted by Crippen LogP contribution is 2.28. The van der Waals surface area contributed by atoms with E-state index in [-0.39, 0.29) is 5.78 Å². The van der Waals surface area contributed by atoms with E-state index in [1.807, 2.05) is 12.1 Å². The molecule has 1 fully saturated rings. The van der Waals surface area contributed by atoms with Gasteiger partial charge in [0.2, 0.25) is 0 Å². The van der Waals surface area contributed by atoms with Crippen LogP contribution in [0.2, 0.25) is 0 Å². The molecule has 1 saturated heterocycles. The first kappa shape index (κ1) is 20.9. The van der Waals surface area contributed by atoms with Crippen LogP contribution >= 0.6 is 0 Å². The quantitative estimate of drug-likeness (QED) is 0.379. The highest BCUT2D eigenvalue weighted by atomic mass is 19.3. The van der Waals surface area contributed by atoms with E-state index >= 15 is 0 Å². The van der Waals surface area contributed by atoms with E-state index < -0.39 is 18.3 Å². The van der Waals surface area contributed by atoms with Crippen molar-refractivity contribution in [2.75, 3.05) is 31.2 Å². The standard InChI is InChI=1S/C21H19F4NO3/c22-20(23)21(24,25)29-18-3-1-2-15(14-18)4-9-19(27)16-5-7-17(8-6-16)26-10-12-28-13-11-26/h1-9,14,20H,10-13H2/b9-4+. The number of ether oxygens (including phenoxy) is 2. The molecule has 1 aliphatic heterocycles. The Bertz CT molecular complexity index is 862. The molecule has 1 heterocycles. The monoisotopic (exact) mass is 409 g/mol. The average Bonchev–Trinajstić information content (AvgIpc) is 2.72. The molecular weight excluding hydrogens is 390 g/mol. The average molecular weight is 409 g/mol. The molecule has 3 rings (SSSR count). The third kappa shape index (κ3) is 5.57. The van der Waals surface area contributed by atoms with Gasteiger partial charge in [-0.2, -0.15) is 17.6 Å². The summed E-state index contributed by atoms with van der Waals surface area (Å²) >= 11 is 0. The normalized spacial score (nSPS) is 15.1. The Morgan fingerprint density at radius 2 is 1.79 bits per heavy atom. The minimum Gasteiger partial charge on any atom is -0.428 e. The lowest BCUT2D eigenvalue weighted by Gasteiger charge is -2.28. The van der Waals surface area contributed by atoms with Gasteiger partial charge in [-0.05, 0) is 48.0 Å². The van der Waals surface area contributed by atoms with E-state index in [2.05, 4.69) is 9.64 Å². The first-order valence-electron chi connectivity index (χ1n) is 8.95. The van der Waals surface area contributed by atoms with Gasteiger partial charge in [-0.15, -0.1) is 0 Å². The van der Waals surface area contributed by atoms with Gasteiger partial charge in [-0.25, -0.2) is 0 Å². The summed E-state index contributed by atoms with van der Waals surface area (Å²) in [5.41, 5.74) is 1.83. The Morgan fingerprint density at radius 1 is 1.10 bits per heavy atom. The molecular formula is C21H19F4NO3. The highest BCUT2D eigenvalue weighted by Gasteiger charge is 2.43. The molecule has 0 amide bonds. The zero-order valence-electron chi connectivity index (χ0n) is 15.4. The van der Waals surface area contributed by atoms with Crippen molar-refractivity contribution >= 4 is 17.5 Å². The first-order chi connectivity index (χ1) is 13.8. The number of ketones is 1. The van der Waals surface area contributed by atoms with Crippen LogP contribution in [0.3, 0.4) is 0 Å². The lowest BCUT2D eigenvalue weighted by molar-refractivity contribution is -0.253. The summed E-state index contributed by atoms with van der Waals surface area (Å²) in [5, 5.41) is 0. The van der Waals surface area contributed by atoms with Crippen LogP contribution in [0.25, 0.3) is 6.08 Å². The number of halogens is 4. The molecule has 29 heavy (non-hydrogen) atoms. The zero-order valence-corrected chi connectivity index (χ0v) is 15.4. The Labute approximate surface area is 165 Å². The fourth-order valence-corrected chi connectivity index (χ4v) is 2.81. The summed E-state index contributed by atoms with van der Waals surface area (Å²) in [5.74, 6) is -0.692. The summed E-state index contributed by atoms with van der Waals surface area (Å²) in [7, 11) is 0. The maximum Gasteiger partial charge on any atom is 0.461 e. The van der Waals surface area contributed by atoms with Crippen molar-refractivity contribution in [3.8, 4) is 5.75 Å². The number of alkyl halides is 4. The zero-order chi connectivity index (χ0) is 20.9. The van der Waals surface area contributed by atoms with Gasteiger partial charge in [0.15, 0.2) is 5.78 Å². The van der Waals surface area contributed by atoms with Crippen molar-refractivity contribution in [3.05, 3.63) is 65.7 Å². The third-order valence-electron chi connectivity index (χ3n) is 4.32. The number of nitrogens with zero attached hydrogens (tertiary/aromatic N) is 1. The molecule has 2 aromatic carbocycles. The molecule has 0 unspecified atom stereocenters. The maximum atomic E-state index is 13.0. The number of benzene rings is 2. The van der Waals surface area contributed by atoms with E-state index in [1.165, 1.54) is 18.2 Å². The van der Waals surface area contributed by atoms with Gasteiger partial charge >= 0.3 is 12.5 Å². The van der Waals surface area contributed by atoms with Crippen LogP contribution in [0.15, 0.2) is 54.6 Å². The number of hydrogen-bond donors (Lipinski definition) is 0. The molecule has 2 aromatic rings. The van der Waals surface area contributed by atoms with Gasteiger partial charge in [-0.3, -0.25) is 4.79 Å². The Balaban J connectivity index is 1.65. The fraction of sp³-hybridized carbons (Fsp3) is 0.286. The lowest BCUT2D eigenvalue weighted by Crippen LogP contribution is -2.36. The Kier molecular flexibility index (Phi) is 6.53. The van der Waals surface area contributed by atoms with Crippen LogP contribution in [-0.4, -0.2) is 44.6 Å². The topological polar surface area (TPSA) is 38.8 Å². The molecule has 1 aliphatic rings. The number of carbonyl (C=O) groups is 1. The predicted octanol–water partition coefficient (Wildman–Crippen LogP) is 4.66. The van der Waals surface area contributed by atoms with Gasteiger partial charge in [0.1, 0.15) is 5.75 Å². The SMILES string of the molecule is O=C(/C=C/c1cccc(OC(F)(F)C(F)F)c1)c1ccc(N2CCOCC2)cc1. The minimum absolute atomic E-state index is 0.275. The van der Waals surface area contributed by atoms with Crippen molar-refractivity contribution < 1.29 is 31.8 Å².